The van der Waals surface area contributed by atoms with Crippen LogP contribution in [0.5, 0.6) is 0 Å². The minimum absolute atomic E-state index is 0.0807. The van der Waals surface area contributed by atoms with Gasteiger partial charge < -0.3 is 4.57 Å². The number of nitrogen functional groups attached to an aromatic ring is 1. The van der Waals surface area contributed by atoms with E-state index in [1.807, 2.05) is 5.43 Å². The zero-order valence-corrected chi connectivity index (χ0v) is 11.8. The van der Waals surface area contributed by atoms with Gasteiger partial charge in [-0.2, -0.15) is 0 Å². The molecule has 1 aromatic heterocycles. The number of anilines is 1. The highest BCUT2D eigenvalue weighted by molar-refractivity contribution is 7.92. The molecule has 21 heavy (non-hydrogen) atoms. The number of halogens is 1. The van der Waals surface area contributed by atoms with Crippen LogP contribution >= 0.6 is 0 Å². The number of hydrazine groups is 1. The van der Waals surface area contributed by atoms with Gasteiger partial charge in [-0.15, -0.1) is 0 Å². The lowest BCUT2D eigenvalue weighted by Gasteiger charge is -2.06. The summed E-state index contributed by atoms with van der Waals surface area (Å²) < 4.78 is 41.0. The van der Waals surface area contributed by atoms with Gasteiger partial charge in [0, 0.05) is 13.2 Å². The Bertz CT molecular complexity index is 786. The van der Waals surface area contributed by atoms with Gasteiger partial charge in [-0.05, 0) is 24.3 Å². The molecule has 4 N–H and O–H groups in total. The van der Waals surface area contributed by atoms with E-state index in [-0.39, 0.29) is 16.3 Å². The first-order valence-electron chi connectivity index (χ1n) is 5.79. The molecule has 9 heteroatoms. The highest BCUT2D eigenvalue weighted by Gasteiger charge is 2.20. The van der Waals surface area contributed by atoms with Crippen molar-refractivity contribution in [2.75, 3.05) is 4.72 Å². The molecule has 7 nitrogen and oxygen atoms in total. The van der Waals surface area contributed by atoms with Crippen LogP contribution < -0.4 is 16.0 Å². The number of aromatic nitrogens is 1. The molecule has 0 aliphatic heterocycles. The van der Waals surface area contributed by atoms with Gasteiger partial charge >= 0.3 is 0 Å². The van der Waals surface area contributed by atoms with E-state index in [1.165, 1.54) is 42.1 Å². The minimum atomic E-state index is -3.93. The summed E-state index contributed by atoms with van der Waals surface area (Å²) in [6.07, 6.45) is 1.26. The van der Waals surface area contributed by atoms with Crippen molar-refractivity contribution in [3.8, 4) is 0 Å². The van der Waals surface area contributed by atoms with E-state index in [2.05, 4.69) is 4.72 Å². The summed E-state index contributed by atoms with van der Waals surface area (Å²) in [6, 6.07) is 6.21. The van der Waals surface area contributed by atoms with Crippen LogP contribution in [-0.2, 0) is 17.1 Å². The molecule has 0 aliphatic rings. The normalized spacial score (nSPS) is 11.2. The fourth-order valence-corrected chi connectivity index (χ4v) is 2.87. The molecule has 0 saturated heterocycles. The van der Waals surface area contributed by atoms with E-state index in [4.69, 9.17) is 5.84 Å². The predicted molar refractivity (Wildman–Crippen MR) is 74.3 cm³/mol. The molecule has 0 atom stereocenters. The van der Waals surface area contributed by atoms with Crippen molar-refractivity contribution in [3.05, 3.63) is 48.0 Å². The van der Waals surface area contributed by atoms with Crippen LogP contribution in [0.25, 0.3) is 0 Å². The summed E-state index contributed by atoms with van der Waals surface area (Å²) in [5.74, 6) is 3.83. The Balaban J connectivity index is 2.34. The molecule has 0 radical (unpaired) electrons. The summed E-state index contributed by atoms with van der Waals surface area (Å²) in [4.78, 5) is 11.3. The number of benzene rings is 1. The zero-order chi connectivity index (χ0) is 15.6. The molecule has 1 aromatic carbocycles. The van der Waals surface area contributed by atoms with E-state index in [1.54, 1.807) is 0 Å². The van der Waals surface area contributed by atoms with Crippen molar-refractivity contribution in [1.29, 1.82) is 0 Å². The lowest BCUT2D eigenvalue weighted by atomic mass is 10.3. The monoisotopic (exact) mass is 312 g/mol. The minimum Gasteiger partial charge on any atom is -0.345 e. The Morgan fingerprint density at radius 3 is 2.67 bits per heavy atom. The van der Waals surface area contributed by atoms with Gasteiger partial charge in [0.05, 0.1) is 5.69 Å². The molecule has 1 heterocycles. The van der Waals surface area contributed by atoms with Crippen LogP contribution in [-0.4, -0.2) is 18.9 Å². The van der Waals surface area contributed by atoms with E-state index >= 15 is 0 Å². The fraction of sp³-hybridized carbons (Fsp3) is 0.0833. The number of nitrogens with zero attached hydrogens (tertiary/aromatic N) is 1. The summed E-state index contributed by atoms with van der Waals surface area (Å²) in [7, 11) is -2.43. The number of rotatable bonds is 4. The number of carbonyl (C=O) groups excluding carboxylic acids is 1. The van der Waals surface area contributed by atoms with Crippen LogP contribution in [0.3, 0.4) is 0 Å². The first kappa shape index (κ1) is 15.0. The molecule has 0 aliphatic carbocycles. The number of hydrogen-bond donors (Lipinski definition) is 3. The van der Waals surface area contributed by atoms with E-state index < -0.39 is 21.7 Å². The standard InChI is InChI=1S/C12H13FN4O3S/c1-17-7-10(6-11(17)12(18)15-14)21(19,20)16-9-4-2-3-8(13)5-9/h2-7,16H,14H2,1H3,(H,15,18). The molecule has 1 amide bonds. The molecule has 0 unspecified atom stereocenters. The Kier molecular flexibility index (Phi) is 3.96. The van der Waals surface area contributed by atoms with Gasteiger partial charge in [-0.1, -0.05) is 6.07 Å². The topological polar surface area (TPSA) is 106 Å². The third-order valence-electron chi connectivity index (χ3n) is 2.73. The van der Waals surface area contributed by atoms with Gasteiger partial charge in [0.1, 0.15) is 16.4 Å². The highest BCUT2D eigenvalue weighted by atomic mass is 32.2. The average Bonchev–Trinajstić information content (AvgIpc) is 2.80. The lowest BCUT2D eigenvalue weighted by Crippen LogP contribution is -2.31. The summed E-state index contributed by atoms with van der Waals surface area (Å²) in [5, 5.41) is 0. The average molecular weight is 312 g/mol. The maximum absolute atomic E-state index is 13.1. The molecule has 2 rings (SSSR count). The molecule has 0 bridgehead atoms. The van der Waals surface area contributed by atoms with Crippen LogP contribution in [0, 0.1) is 5.82 Å². The summed E-state index contributed by atoms with van der Waals surface area (Å²) >= 11 is 0. The van der Waals surface area contributed by atoms with E-state index in [0.29, 0.717) is 0 Å². The van der Waals surface area contributed by atoms with Crippen molar-refractivity contribution in [2.45, 2.75) is 4.90 Å². The first-order chi connectivity index (χ1) is 9.83. The van der Waals surface area contributed by atoms with E-state index in [0.717, 1.165) is 6.07 Å². The number of carbonyl (C=O) groups is 1. The number of nitrogens with two attached hydrogens (primary N) is 1. The number of nitrogens with one attached hydrogen (secondary N) is 2. The van der Waals surface area contributed by atoms with E-state index in [9.17, 15) is 17.6 Å². The Morgan fingerprint density at radius 1 is 1.33 bits per heavy atom. The summed E-state index contributed by atoms with van der Waals surface area (Å²) in [5.41, 5.74) is 2.09. The second-order valence-electron chi connectivity index (χ2n) is 4.26. The van der Waals surface area contributed by atoms with Gasteiger partial charge in [-0.25, -0.2) is 18.7 Å². The maximum Gasteiger partial charge on any atom is 0.281 e. The Morgan fingerprint density at radius 2 is 2.05 bits per heavy atom. The largest absolute Gasteiger partial charge is 0.345 e. The number of amides is 1. The third-order valence-corrected chi connectivity index (χ3v) is 4.08. The molecular weight excluding hydrogens is 299 g/mol. The second kappa shape index (κ2) is 5.54. The van der Waals surface area contributed by atoms with Crippen LogP contribution in [0.1, 0.15) is 10.5 Å². The van der Waals surface area contributed by atoms with Crippen LogP contribution in [0.2, 0.25) is 0 Å². The van der Waals surface area contributed by atoms with Crippen LogP contribution in [0.4, 0.5) is 10.1 Å². The zero-order valence-electron chi connectivity index (χ0n) is 11.0. The number of aryl methyl sites for hydroxylation is 1. The van der Waals surface area contributed by atoms with Gasteiger partial charge in [0.25, 0.3) is 15.9 Å². The summed E-state index contributed by atoms with van der Waals surface area (Å²) in [6.45, 7) is 0. The van der Waals surface area contributed by atoms with Crippen molar-refractivity contribution in [3.63, 3.8) is 0 Å². The molecule has 112 valence electrons. The van der Waals surface area contributed by atoms with Crippen molar-refractivity contribution < 1.29 is 17.6 Å². The van der Waals surface area contributed by atoms with Gasteiger partial charge in [-0.3, -0.25) is 14.9 Å². The number of sulfonamides is 1. The van der Waals surface area contributed by atoms with Crippen molar-refractivity contribution in [2.24, 2.45) is 12.9 Å². The quantitative estimate of drug-likeness (QED) is 0.436. The molecule has 2 aromatic rings. The maximum atomic E-state index is 13.1. The third kappa shape index (κ3) is 3.20. The predicted octanol–water partition coefficient (Wildman–Crippen LogP) is 0.569. The smallest absolute Gasteiger partial charge is 0.281 e. The molecule has 0 fully saturated rings. The van der Waals surface area contributed by atoms with Gasteiger partial charge in [0.15, 0.2) is 0 Å². The molecule has 0 spiro atoms. The lowest BCUT2D eigenvalue weighted by molar-refractivity contribution is 0.0945. The first-order valence-corrected chi connectivity index (χ1v) is 7.27. The SMILES string of the molecule is Cn1cc(S(=O)(=O)Nc2cccc(F)c2)cc1C(=O)NN. The Labute approximate surface area is 120 Å². The molecular formula is C12H13FN4O3S. The highest BCUT2D eigenvalue weighted by Crippen LogP contribution is 2.18. The Hall–Kier alpha value is -2.39. The van der Waals surface area contributed by atoms with Gasteiger partial charge in [0.2, 0.25) is 0 Å². The van der Waals surface area contributed by atoms with Crippen molar-refractivity contribution >= 4 is 21.6 Å². The van der Waals surface area contributed by atoms with Crippen molar-refractivity contribution in [1.82, 2.24) is 9.99 Å². The van der Waals surface area contributed by atoms with Crippen LogP contribution in [0.15, 0.2) is 41.4 Å². The molecule has 0 saturated carbocycles. The fourth-order valence-electron chi connectivity index (χ4n) is 1.75. The second-order valence-corrected chi connectivity index (χ2v) is 5.94. The number of hydrogen-bond acceptors (Lipinski definition) is 4.